The van der Waals surface area contributed by atoms with Gasteiger partial charge in [-0.05, 0) is 55.6 Å². The lowest BCUT2D eigenvalue weighted by Gasteiger charge is -2.35. The van der Waals surface area contributed by atoms with E-state index in [1.165, 1.54) is 6.07 Å². The lowest BCUT2D eigenvalue weighted by atomic mass is 9.89. The molecular formula is C22H24FN3O2. The van der Waals surface area contributed by atoms with Crippen LogP contribution in [0.5, 0.6) is 0 Å². The summed E-state index contributed by atoms with van der Waals surface area (Å²) in [4.78, 5) is 19.4. The summed E-state index contributed by atoms with van der Waals surface area (Å²) in [6.45, 7) is 1.59. The minimum absolute atomic E-state index is 0.171. The van der Waals surface area contributed by atoms with E-state index in [-0.39, 0.29) is 17.6 Å². The number of benzene rings is 1. The van der Waals surface area contributed by atoms with Gasteiger partial charge >= 0.3 is 0 Å². The quantitative estimate of drug-likeness (QED) is 0.755. The number of amides is 1. The molecule has 3 aliphatic rings. The topological polar surface area (TPSA) is 59.2 Å². The van der Waals surface area contributed by atoms with Gasteiger partial charge in [0, 0.05) is 25.4 Å². The molecule has 6 heteroatoms. The van der Waals surface area contributed by atoms with Gasteiger partial charge in [-0.25, -0.2) is 4.39 Å². The molecule has 2 bridgehead atoms. The van der Waals surface area contributed by atoms with Crippen molar-refractivity contribution in [1.82, 2.24) is 15.0 Å². The molecule has 1 saturated carbocycles. The van der Waals surface area contributed by atoms with Gasteiger partial charge in [0.15, 0.2) is 0 Å². The Morgan fingerprint density at radius 1 is 1.25 bits per heavy atom. The Hall–Kier alpha value is -2.50. The van der Waals surface area contributed by atoms with Crippen molar-refractivity contribution in [1.29, 1.82) is 0 Å². The summed E-state index contributed by atoms with van der Waals surface area (Å²) in [6, 6.07) is 6.43. The normalized spacial score (nSPS) is 28.8. The summed E-state index contributed by atoms with van der Waals surface area (Å²) in [5, 5.41) is 3.94. The molecule has 5 nitrogen and oxygen atoms in total. The molecule has 146 valence electrons. The van der Waals surface area contributed by atoms with Gasteiger partial charge in [-0.2, -0.15) is 4.98 Å². The van der Waals surface area contributed by atoms with Crippen molar-refractivity contribution < 1.29 is 13.7 Å². The van der Waals surface area contributed by atoms with Crippen molar-refractivity contribution in [2.75, 3.05) is 13.1 Å². The molecule has 28 heavy (non-hydrogen) atoms. The third kappa shape index (κ3) is 3.25. The number of carbonyl (C=O) groups is 1. The van der Waals surface area contributed by atoms with E-state index in [1.807, 2.05) is 4.90 Å². The number of allylic oxidation sites excluding steroid dienone is 2. The molecule has 1 amide bonds. The largest absolute Gasteiger partial charge is 0.342 e. The van der Waals surface area contributed by atoms with Crippen LogP contribution in [0, 0.1) is 29.5 Å². The molecule has 0 spiro atoms. The van der Waals surface area contributed by atoms with E-state index >= 15 is 0 Å². The number of piperidine rings is 1. The number of hydrogen-bond donors (Lipinski definition) is 0. The van der Waals surface area contributed by atoms with Gasteiger partial charge in [0.2, 0.25) is 17.6 Å². The van der Waals surface area contributed by atoms with Crippen LogP contribution in [0.25, 0.3) is 11.4 Å². The van der Waals surface area contributed by atoms with E-state index in [9.17, 15) is 9.18 Å². The van der Waals surface area contributed by atoms with Crippen LogP contribution in [0.4, 0.5) is 4.39 Å². The standard InChI is InChI=1S/C22H24FN3O2/c23-19-6-2-1-5-17(19)21-24-20(28-25-21)12-15-4-3-9-26(13-15)22(27)18-11-14-7-8-16(18)10-14/h1-2,5-8,14-16,18H,3-4,9-13H2/t14-,15-,16-,18-/m0/s1. The van der Waals surface area contributed by atoms with Crippen LogP contribution in [-0.4, -0.2) is 34.0 Å². The van der Waals surface area contributed by atoms with Gasteiger partial charge in [0.1, 0.15) is 5.82 Å². The molecule has 0 N–H and O–H groups in total. The highest BCUT2D eigenvalue weighted by atomic mass is 19.1. The molecule has 2 fully saturated rings. The fourth-order valence-corrected chi connectivity index (χ4v) is 5.07. The van der Waals surface area contributed by atoms with Crippen LogP contribution in [0.3, 0.4) is 0 Å². The summed E-state index contributed by atoms with van der Waals surface area (Å²) >= 11 is 0. The monoisotopic (exact) mass is 381 g/mol. The lowest BCUT2D eigenvalue weighted by Crippen LogP contribution is -2.44. The maximum atomic E-state index is 13.9. The molecule has 1 aromatic heterocycles. The van der Waals surface area contributed by atoms with Crippen molar-refractivity contribution in [2.24, 2.45) is 23.7 Å². The predicted molar refractivity (Wildman–Crippen MR) is 102 cm³/mol. The number of nitrogens with zero attached hydrogens (tertiary/aromatic N) is 3. The van der Waals surface area contributed by atoms with E-state index in [0.717, 1.165) is 38.8 Å². The smallest absolute Gasteiger partial charge is 0.227 e. The average molecular weight is 381 g/mol. The van der Waals surface area contributed by atoms with Crippen molar-refractivity contribution in [3.05, 3.63) is 48.1 Å². The van der Waals surface area contributed by atoms with Crippen molar-refractivity contribution in [2.45, 2.75) is 32.1 Å². The van der Waals surface area contributed by atoms with E-state index in [4.69, 9.17) is 4.52 Å². The number of hydrogen-bond acceptors (Lipinski definition) is 4. The molecule has 2 aliphatic carbocycles. The number of likely N-dealkylation sites (tertiary alicyclic amines) is 1. The second kappa shape index (κ2) is 7.15. The Morgan fingerprint density at radius 2 is 2.14 bits per heavy atom. The third-order valence-electron chi connectivity index (χ3n) is 6.47. The Labute approximate surface area is 163 Å². The fourth-order valence-electron chi connectivity index (χ4n) is 5.07. The maximum Gasteiger partial charge on any atom is 0.227 e. The van der Waals surface area contributed by atoms with Crippen LogP contribution >= 0.6 is 0 Å². The van der Waals surface area contributed by atoms with Crippen molar-refractivity contribution >= 4 is 5.91 Å². The van der Waals surface area contributed by atoms with E-state index in [0.29, 0.717) is 41.5 Å². The van der Waals surface area contributed by atoms with Crippen LogP contribution in [-0.2, 0) is 11.2 Å². The summed E-state index contributed by atoms with van der Waals surface area (Å²) in [6.07, 6.45) is 9.34. The number of halogens is 1. The Morgan fingerprint density at radius 3 is 2.93 bits per heavy atom. The first-order chi connectivity index (χ1) is 13.7. The van der Waals surface area contributed by atoms with Crippen LogP contribution in [0.15, 0.2) is 40.9 Å². The molecule has 5 rings (SSSR count). The number of rotatable bonds is 4. The second-order valence-electron chi connectivity index (χ2n) is 8.37. The Kier molecular flexibility index (Phi) is 4.49. The Bertz CT molecular complexity index is 909. The molecule has 2 heterocycles. The summed E-state index contributed by atoms with van der Waals surface area (Å²) in [5.74, 6) is 2.28. The SMILES string of the molecule is O=C([C@H]1C[C@H]2C=C[C@H]1C2)N1CCC[C@@H](Cc2nc(-c3ccccc3F)no2)C1. The van der Waals surface area contributed by atoms with Crippen LogP contribution in [0.2, 0.25) is 0 Å². The fraction of sp³-hybridized carbons (Fsp3) is 0.500. The third-order valence-corrected chi connectivity index (χ3v) is 6.47. The molecule has 2 aromatic rings. The summed E-state index contributed by atoms with van der Waals surface area (Å²) in [5.41, 5.74) is 0.349. The molecule has 4 atom stereocenters. The van der Waals surface area contributed by atoms with Gasteiger partial charge in [0.05, 0.1) is 5.56 Å². The van der Waals surface area contributed by atoms with Gasteiger partial charge in [0.25, 0.3) is 0 Å². The van der Waals surface area contributed by atoms with Gasteiger partial charge in [-0.15, -0.1) is 0 Å². The highest BCUT2D eigenvalue weighted by Crippen LogP contribution is 2.44. The Balaban J connectivity index is 1.23. The lowest BCUT2D eigenvalue weighted by molar-refractivity contribution is -0.138. The first-order valence-electron chi connectivity index (χ1n) is 10.2. The second-order valence-corrected chi connectivity index (χ2v) is 8.37. The maximum absolute atomic E-state index is 13.9. The zero-order valence-corrected chi connectivity index (χ0v) is 15.8. The number of fused-ring (bicyclic) bond motifs is 2. The van der Waals surface area contributed by atoms with Gasteiger partial charge in [-0.1, -0.05) is 29.4 Å². The minimum Gasteiger partial charge on any atom is -0.342 e. The summed E-state index contributed by atoms with van der Waals surface area (Å²) in [7, 11) is 0. The van der Waals surface area contributed by atoms with Gasteiger partial charge in [-0.3, -0.25) is 4.79 Å². The average Bonchev–Trinajstić information content (AvgIpc) is 3.45. The molecule has 0 unspecified atom stereocenters. The highest BCUT2D eigenvalue weighted by molar-refractivity contribution is 5.80. The molecule has 0 radical (unpaired) electrons. The predicted octanol–water partition coefficient (Wildman–Crippen LogP) is 3.87. The highest BCUT2D eigenvalue weighted by Gasteiger charge is 2.42. The minimum atomic E-state index is -0.357. The zero-order valence-electron chi connectivity index (χ0n) is 15.8. The first-order valence-corrected chi connectivity index (χ1v) is 10.2. The summed E-state index contributed by atoms with van der Waals surface area (Å²) < 4.78 is 19.3. The number of aromatic nitrogens is 2. The van der Waals surface area contributed by atoms with Gasteiger partial charge < -0.3 is 9.42 Å². The number of carbonyl (C=O) groups excluding carboxylic acids is 1. The molecular weight excluding hydrogens is 357 g/mol. The van der Waals surface area contributed by atoms with E-state index in [1.54, 1.807) is 18.2 Å². The van der Waals surface area contributed by atoms with E-state index < -0.39 is 0 Å². The molecule has 1 saturated heterocycles. The zero-order chi connectivity index (χ0) is 19.1. The van der Waals surface area contributed by atoms with Crippen molar-refractivity contribution in [3.8, 4) is 11.4 Å². The van der Waals surface area contributed by atoms with Crippen molar-refractivity contribution in [3.63, 3.8) is 0 Å². The first kappa shape index (κ1) is 17.6. The van der Waals surface area contributed by atoms with Crippen LogP contribution < -0.4 is 0 Å². The van der Waals surface area contributed by atoms with Crippen LogP contribution in [0.1, 0.15) is 31.6 Å². The van der Waals surface area contributed by atoms with E-state index in [2.05, 4.69) is 22.3 Å². The molecule has 1 aromatic carbocycles. The molecule has 1 aliphatic heterocycles.